The Balaban J connectivity index is 0.00000169. The first kappa shape index (κ1) is 23.2. The van der Waals surface area contributed by atoms with Crippen LogP contribution in [0.3, 0.4) is 0 Å². The van der Waals surface area contributed by atoms with Crippen LogP contribution in [0.15, 0.2) is 24.3 Å². The molecule has 0 aromatic heterocycles. The molecule has 2 heterocycles. The number of hydrogen-bond acceptors (Lipinski definition) is 3. The third-order valence-corrected chi connectivity index (χ3v) is 5.19. The fraction of sp³-hybridized carbons (Fsp3) is 0.632. The highest BCUT2D eigenvalue weighted by atomic mass is 35.5. The summed E-state index contributed by atoms with van der Waals surface area (Å²) >= 11 is 0. The Labute approximate surface area is 168 Å². The maximum atomic E-state index is 13.0. The molecule has 0 spiro atoms. The average Bonchev–Trinajstić information content (AvgIpc) is 3.00. The summed E-state index contributed by atoms with van der Waals surface area (Å²) in [4.78, 5) is 16.9. The van der Waals surface area contributed by atoms with Crippen molar-refractivity contribution >= 4 is 30.7 Å². The summed E-state index contributed by atoms with van der Waals surface area (Å²) < 4.78 is 13.0. The highest BCUT2D eigenvalue weighted by Gasteiger charge is 2.21. The van der Waals surface area contributed by atoms with Gasteiger partial charge in [-0.1, -0.05) is 12.1 Å². The Morgan fingerprint density at radius 3 is 2.58 bits per heavy atom. The van der Waals surface area contributed by atoms with E-state index in [2.05, 4.69) is 10.2 Å². The van der Waals surface area contributed by atoms with Crippen molar-refractivity contribution in [1.82, 2.24) is 15.1 Å². The van der Waals surface area contributed by atoms with E-state index in [9.17, 15) is 9.18 Å². The first-order valence-electron chi connectivity index (χ1n) is 9.16. The number of carbonyl (C=O) groups is 1. The summed E-state index contributed by atoms with van der Waals surface area (Å²) in [7, 11) is 0. The number of benzene rings is 1. The molecule has 1 N–H and O–H groups in total. The standard InChI is InChI=1S/C19H28FN3O.2ClH/c20-18-5-2-17(3-6-18)15-22-10-1-11-23(13-12-22)19(24)7-4-16-8-9-21-14-16;;/h2-3,5-6,16,21H,1,4,7-15H2;2*1H. The van der Waals surface area contributed by atoms with Crippen molar-refractivity contribution in [2.45, 2.75) is 32.2 Å². The smallest absolute Gasteiger partial charge is 0.222 e. The zero-order valence-electron chi connectivity index (χ0n) is 15.2. The molecule has 0 saturated carbocycles. The second-order valence-corrected chi connectivity index (χ2v) is 7.03. The van der Waals surface area contributed by atoms with Crippen LogP contribution in [0, 0.1) is 11.7 Å². The zero-order valence-corrected chi connectivity index (χ0v) is 16.8. The van der Waals surface area contributed by atoms with Gasteiger partial charge in [-0.2, -0.15) is 0 Å². The van der Waals surface area contributed by atoms with E-state index in [4.69, 9.17) is 0 Å². The van der Waals surface area contributed by atoms with Gasteiger partial charge in [-0.15, -0.1) is 24.8 Å². The Morgan fingerprint density at radius 2 is 1.88 bits per heavy atom. The number of rotatable bonds is 5. The molecule has 148 valence electrons. The Kier molecular flexibility index (Phi) is 10.5. The van der Waals surface area contributed by atoms with Gasteiger partial charge in [-0.05, 0) is 56.0 Å². The van der Waals surface area contributed by atoms with Crippen LogP contribution in [0.4, 0.5) is 4.39 Å². The lowest BCUT2D eigenvalue weighted by molar-refractivity contribution is -0.131. The van der Waals surface area contributed by atoms with Gasteiger partial charge in [0.2, 0.25) is 5.91 Å². The monoisotopic (exact) mass is 405 g/mol. The van der Waals surface area contributed by atoms with Gasteiger partial charge in [0, 0.05) is 39.1 Å². The molecular formula is C19H30Cl2FN3O. The van der Waals surface area contributed by atoms with Crippen LogP contribution in [-0.2, 0) is 11.3 Å². The summed E-state index contributed by atoms with van der Waals surface area (Å²) in [5.41, 5.74) is 1.13. The van der Waals surface area contributed by atoms with Gasteiger partial charge in [-0.3, -0.25) is 9.69 Å². The van der Waals surface area contributed by atoms with Crippen molar-refractivity contribution in [1.29, 1.82) is 0 Å². The Hall–Kier alpha value is -0.880. The second-order valence-electron chi connectivity index (χ2n) is 7.03. The van der Waals surface area contributed by atoms with E-state index in [1.165, 1.54) is 18.6 Å². The molecule has 1 aromatic rings. The minimum atomic E-state index is -0.191. The summed E-state index contributed by atoms with van der Waals surface area (Å²) in [5, 5.41) is 3.36. The molecule has 1 aromatic carbocycles. The van der Waals surface area contributed by atoms with Gasteiger partial charge in [-0.25, -0.2) is 4.39 Å². The minimum Gasteiger partial charge on any atom is -0.341 e. The first-order chi connectivity index (χ1) is 11.7. The van der Waals surface area contributed by atoms with E-state index in [0.717, 1.165) is 64.2 Å². The average molecular weight is 406 g/mol. The van der Waals surface area contributed by atoms with Gasteiger partial charge in [0.05, 0.1) is 0 Å². The summed E-state index contributed by atoms with van der Waals surface area (Å²) in [6, 6.07) is 6.72. The van der Waals surface area contributed by atoms with Crippen LogP contribution in [-0.4, -0.2) is 55.0 Å². The van der Waals surface area contributed by atoms with Crippen LogP contribution < -0.4 is 5.32 Å². The summed E-state index contributed by atoms with van der Waals surface area (Å²) in [5.74, 6) is 0.797. The molecule has 2 saturated heterocycles. The molecule has 2 aliphatic heterocycles. The molecule has 3 rings (SSSR count). The molecule has 4 nitrogen and oxygen atoms in total. The van der Waals surface area contributed by atoms with E-state index >= 15 is 0 Å². The normalized spacial score (nSPS) is 20.8. The molecule has 0 radical (unpaired) electrons. The maximum absolute atomic E-state index is 13.0. The highest BCUT2D eigenvalue weighted by molar-refractivity contribution is 5.85. The number of amides is 1. The van der Waals surface area contributed by atoms with Crippen LogP contribution in [0.25, 0.3) is 0 Å². The number of nitrogens with one attached hydrogen (secondary N) is 1. The maximum Gasteiger partial charge on any atom is 0.222 e. The van der Waals surface area contributed by atoms with Crippen LogP contribution >= 0.6 is 24.8 Å². The molecule has 0 bridgehead atoms. The van der Waals surface area contributed by atoms with Gasteiger partial charge >= 0.3 is 0 Å². The van der Waals surface area contributed by atoms with E-state index in [0.29, 0.717) is 18.2 Å². The number of halogens is 3. The van der Waals surface area contributed by atoms with Crippen molar-refractivity contribution in [3.8, 4) is 0 Å². The van der Waals surface area contributed by atoms with Crippen LogP contribution in [0.1, 0.15) is 31.2 Å². The first-order valence-corrected chi connectivity index (χ1v) is 9.16. The quantitative estimate of drug-likeness (QED) is 0.817. The molecule has 2 aliphatic rings. The van der Waals surface area contributed by atoms with Gasteiger partial charge in [0.25, 0.3) is 0 Å². The Bertz CT molecular complexity index is 538. The molecule has 26 heavy (non-hydrogen) atoms. The van der Waals surface area contributed by atoms with Crippen LogP contribution in [0.2, 0.25) is 0 Å². The molecule has 2 fully saturated rings. The molecule has 1 amide bonds. The second kappa shape index (κ2) is 11.8. The predicted octanol–water partition coefficient (Wildman–Crippen LogP) is 3.09. The SMILES string of the molecule is Cl.Cl.O=C(CCC1CCNC1)N1CCCN(Cc2ccc(F)cc2)CC1. The molecule has 1 unspecified atom stereocenters. The van der Waals surface area contributed by atoms with Crippen molar-refractivity contribution in [3.05, 3.63) is 35.6 Å². The Morgan fingerprint density at radius 1 is 1.12 bits per heavy atom. The highest BCUT2D eigenvalue weighted by Crippen LogP contribution is 2.16. The molecular weight excluding hydrogens is 376 g/mol. The van der Waals surface area contributed by atoms with Crippen molar-refractivity contribution in [3.63, 3.8) is 0 Å². The topological polar surface area (TPSA) is 35.6 Å². The minimum absolute atomic E-state index is 0. The van der Waals surface area contributed by atoms with Crippen LogP contribution in [0.5, 0.6) is 0 Å². The fourth-order valence-corrected chi connectivity index (χ4v) is 3.67. The fourth-order valence-electron chi connectivity index (χ4n) is 3.67. The largest absolute Gasteiger partial charge is 0.341 e. The van der Waals surface area contributed by atoms with Crippen molar-refractivity contribution < 1.29 is 9.18 Å². The van der Waals surface area contributed by atoms with E-state index in [-0.39, 0.29) is 30.6 Å². The lowest BCUT2D eigenvalue weighted by Gasteiger charge is -2.22. The zero-order chi connectivity index (χ0) is 16.8. The van der Waals surface area contributed by atoms with Gasteiger partial charge < -0.3 is 10.2 Å². The van der Waals surface area contributed by atoms with Gasteiger partial charge in [0.15, 0.2) is 0 Å². The van der Waals surface area contributed by atoms with E-state index in [1.54, 1.807) is 0 Å². The van der Waals surface area contributed by atoms with Gasteiger partial charge in [0.1, 0.15) is 5.82 Å². The lowest BCUT2D eigenvalue weighted by atomic mass is 10.0. The summed E-state index contributed by atoms with van der Waals surface area (Å²) in [6.07, 6.45) is 3.92. The molecule has 0 aliphatic carbocycles. The van der Waals surface area contributed by atoms with E-state index in [1.807, 2.05) is 17.0 Å². The lowest BCUT2D eigenvalue weighted by Crippen LogP contribution is -2.35. The summed E-state index contributed by atoms with van der Waals surface area (Å²) in [6.45, 7) is 6.56. The number of nitrogens with zero attached hydrogens (tertiary/aromatic N) is 2. The number of carbonyl (C=O) groups excluding carboxylic acids is 1. The third kappa shape index (κ3) is 7.03. The molecule has 1 atom stereocenters. The number of hydrogen-bond donors (Lipinski definition) is 1. The van der Waals surface area contributed by atoms with Crippen molar-refractivity contribution in [2.24, 2.45) is 5.92 Å². The predicted molar refractivity (Wildman–Crippen MR) is 108 cm³/mol. The third-order valence-electron chi connectivity index (χ3n) is 5.19. The molecule has 7 heteroatoms. The van der Waals surface area contributed by atoms with Crippen molar-refractivity contribution in [2.75, 3.05) is 39.3 Å². The van der Waals surface area contributed by atoms with E-state index < -0.39 is 0 Å².